The van der Waals surface area contributed by atoms with Gasteiger partial charge in [0.05, 0.1) is 12.6 Å². The fraction of sp³-hybridized carbons (Fsp3) is 0.533. The predicted octanol–water partition coefficient (Wildman–Crippen LogP) is 1.93. The lowest BCUT2D eigenvalue weighted by Crippen LogP contribution is -2.35. The van der Waals surface area contributed by atoms with E-state index in [2.05, 4.69) is 5.32 Å². The molecule has 1 aromatic rings. The normalized spacial score (nSPS) is 22.9. The second-order valence-electron chi connectivity index (χ2n) is 5.37. The van der Waals surface area contributed by atoms with Crippen molar-refractivity contribution in [2.45, 2.75) is 26.1 Å². The summed E-state index contributed by atoms with van der Waals surface area (Å²) in [5.74, 6) is -0.0612. The number of hydrogen-bond donors (Lipinski definition) is 1. The van der Waals surface area contributed by atoms with E-state index in [4.69, 9.17) is 4.74 Å². The third-order valence-corrected chi connectivity index (χ3v) is 3.57. The first-order chi connectivity index (χ1) is 9.54. The minimum atomic E-state index is -0.295. The van der Waals surface area contributed by atoms with Crippen LogP contribution < -0.4 is 5.32 Å². The summed E-state index contributed by atoms with van der Waals surface area (Å²) in [5, 5.41) is 3.30. The van der Waals surface area contributed by atoms with E-state index in [1.165, 1.54) is 12.1 Å². The fourth-order valence-corrected chi connectivity index (χ4v) is 2.50. The SMILES string of the molecule is COCCN1C(=O)C(C(C)C)NC1c1cccc(F)c1. The van der Waals surface area contributed by atoms with Crippen LogP contribution in [-0.4, -0.2) is 37.1 Å². The average Bonchev–Trinajstić information content (AvgIpc) is 2.74. The number of amides is 1. The van der Waals surface area contributed by atoms with Crippen molar-refractivity contribution in [1.29, 1.82) is 0 Å². The van der Waals surface area contributed by atoms with Crippen LogP contribution in [0.4, 0.5) is 4.39 Å². The number of nitrogens with zero attached hydrogens (tertiary/aromatic N) is 1. The molecular weight excluding hydrogens is 259 g/mol. The van der Waals surface area contributed by atoms with Crippen LogP contribution in [0.2, 0.25) is 0 Å². The maximum atomic E-state index is 13.4. The van der Waals surface area contributed by atoms with Crippen molar-refractivity contribution in [3.8, 4) is 0 Å². The standard InChI is InChI=1S/C15H21FN2O2/c1-10(2)13-15(19)18(7-8-20-3)14(17-13)11-5-4-6-12(16)9-11/h4-6,9-10,13-14,17H,7-8H2,1-3H3. The summed E-state index contributed by atoms with van der Waals surface area (Å²) in [4.78, 5) is 14.2. The van der Waals surface area contributed by atoms with E-state index in [9.17, 15) is 9.18 Å². The van der Waals surface area contributed by atoms with Gasteiger partial charge < -0.3 is 9.64 Å². The van der Waals surface area contributed by atoms with E-state index in [0.29, 0.717) is 13.2 Å². The van der Waals surface area contributed by atoms with Crippen molar-refractivity contribution < 1.29 is 13.9 Å². The molecule has 2 rings (SSSR count). The maximum Gasteiger partial charge on any atom is 0.241 e. The molecule has 1 aromatic carbocycles. The second-order valence-corrected chi connectivity index (χ2v) is 5.37. The molecule has 4 nitrogen and oxygen atoms in total. The highest BCUT2D eigenvalue weighted by Gasteiger charge is 2.40. The number of carbonyl (C=O) groups excluding carboxylic acids is 1. The molecule has 0 saturated carbocycles. The van der Waals surface area contributed by atoms with E-state index < -0.39 is 0 Å². The molecule has 0 aliphatic carbocycles. The summed E-state index contributed by atoms with van der Waals surface area (Å²) in [6.45, 7) is 4.95. The summed E-state index contributed by atoms with van der Waals surface area (Å²) >= 11 is 0. The number of nitrogens with one attached hydrogen (secondary N) is 1. The lowest BCUT2D eigenvalue weighted by Gasteiger charge is -2.24. The average molecular weight is 280 g/mol. The van der Waals surface area contributed by atoms with Crippen LogP contribution in [-0.2, 0) is 9.53 Å². The largest absolute Gasteiger partial charge is 0.383 e. The first-order valence-corrected chi connectivity index (χ1v) is 6.85. The van der Waals surface area contributed by atoms with Gasteiger partial charge in [0.25, 0.3) is 0 Å². The molecule has 5 heteroatoms. The van der Waals surface area contributed by atoms with Gasteiger partial charge in [0.15, 0.2) is 0 Å². The Hall–Kier alpha value is -1.46. The number of benzene rings is 1. The van der Waals surface area contributed by atoms with Gasteiger partial charge in [-0.05, 0) is 23.6 Å². The molecule has 0 radical (unpaired) electrons. The van der Waals surface area contributed by atoms with Crippen molar-refractivity contribution in [1.82, 2.24) is 10.2 Å². The predicted molar refractivity (Wildman–Crippen MR) is 74.5 cm³/mol. The zero-order valence-corrected chi connectivity index (χ0v) is 12.1. The maximum absolute atomic E-state index is 13.4. The third-order valence-electron chi connectivity index (χ3n) is 3.57. The molecule has 1 heterocycles. The van der Waals surface area contributed by atoms with Gasteiger partial charge in [0.2, 0.25) is 5.91 Å². The quantitative estimate of drug-likeness (QED) is 0.896. The van der Waals surface area contributed by atoms with Crippen molar-refractivity contribution >= 4 is 5.91 Å². The molecule has 1 N–H and O–H groups in total. The van der Waals surface area contributed by atoms with Crippen LogP contribution >= 0.6 is 0 Å². The fourth-order valence-electron chi connectivity index (χ4n) is 2.50. The summed E-state index contributed by atoms with van der Waals surface area (Å²) < 4.78 is 18.5. The Balaban J connectivity index is 2.26. The molecule has 1 saturated heterocycles. The molecule has 1 aliphatic rings. The van der Waals surface area contributed by atoms with Gasteiger partial charge in [0, 0.05) is 13.7 Å². The molecular formula is C15H21FN2O2. The Bertz CT molecular complexity index is 479. The zero-order valence-electron chi connectivity index (χ0n) is 12.1. The molecule has 1 amide bonds. The topological polar surface area (TPSA) is 41.6 Å². The number of hydrogen-bond acceptors (Lipinski definition) is 3. The highest BCUT2D eigenvalue weighted by atomic mass is 19.1. The van der Waals surface area contributed by atoms with Gasteiger partial charge in [-0.15, -0.1) is 0 Å². The van der Waals surface area contributed by atoms with Crippen molar-refractivity contribution in [2.24, 2.45) is 5.92 Å². The first-order valence-electron chi connectivity index (χ1n) is 6.85. The van der Waals surface area contributed by atoms with Crippen LogP contribution in [0, 0.1) is 11.7 Å². The molecule has 1 fully saturated rings. The number of ether oxygens (including phenoxy) is 1. The molecule has 2 atom stereocenters. The van der Waals surface area contributed by atoms with Crippen molar-refractivity contribution in [2.75, 3.05) is 20.3 Å². The van der Waals surface area contributed by atoms with Crippen LogP contribution in [0.5, 0.6) is 0 Å². The van der Waals surface area contributed by atoms with E-state index in [1.54, 1.807) is 18.1 Å². The van der Waals surface area contributed by atoms with Crippen LogP contribution in [0.25, 0.3) is 0 Å². The van der Waals surface area contributed by atoms with Gasteiger partial charge in [-0.2, -0.15) is 0 Å². The van der Waals surface area contributed by atoms with Gasteiger partial charge in [-0.25, -0.2) is 4.39 Å². The lowest BCUT2D eigenvalue weighted by atomic mass is 10.1. The molecule has 0 spiro atoms. The second kappa shape index (κ2) is 6.33. The third kappa shape index (κ3) is 2.99. The highest BCUT2D eigenvalue weighted by molar-refractivity contribution is 5.84. The Kier molecular flexibility index (Phi) is 4.73. The van der Waals surface area contributed by atoms with Crippen LogP contribution in [0.1, 0.15) is 25.6 Å². The minimum absolute atomic E-state index is 0.0475. The Morgan fingerprint density at radius 2 is 2.20 bits per heavy atom. The first kappa shape index (κ1) is 14.9. The molecule has 20 heavy (non-hydrogen) atoms. The Morgan fingerprint density at radius 3 is 2.80 bits per heavy atom. The summed E-state index contributed by atoms with van der Waals surface area (Å²) in [5.41, 5.74) is 0.762. The lowest BCUT2D eigenvalue weighted by molar-refractivity contribution is -0.131. The summed E-state index contributed by atoms with van der Waals surface area (Å²) in [7, 11) is 1.60. The number of rotatable bonds is 5. The smallest absolute Gasteiger partial charge is 0.241 e. The number of methoxy groups -OCH3 is 1. The molecule has 110 valence electrons. The van der Waals surface area contributed by atoms with E-state index in [-0.39, 0.29) is 29.8 Å². The van der Waals surface area contributed by atoms with E-state index in [0.717, 1.165) is 5.56 Å². The Labute approximate surface area is 118 Å². The van der Waals surface area contributed by atoms with E-state index in [1.807, 2.05) is 19.9 Å². The molecule has 1 aliphatic heterocycles. The van der Waals surface area contributed by atoms with Crippen LogP contribution in [0.15, 0.2) is 24.3 Å². The summed E-state index contributed by atoms with van der Waals surface area (Å²) in [6.07, 6.45) is -0.291. The highest BCUT2D eigenvalue weighted by Crippen LogP contribution is 2.28. The van der Waals surface area contributed by atoms with Crippen molar-refractivity contribution in [3.63, 3.8) is 0 Å². The van der Waals surface area contributed by atoms with Gasteiger partial charge in [-0.1, -0.05) is 26.0 Å². The zero-order chi connectivity index (χ0) is 14.7. The molecule has 0 aromatic heterocycles. The Morgan fingerprint density at radius 1 is 1.45 bits per heavy atom. The monoisotopic (exact) mass is 280 g/mol. The number of halogens is 1. The van der Waals surface area contributed by atoms with Crippen LogP contribution in [0.3, 0.4) is 0 Å². The minimum Gasteiger partial charge on any atom is -0.383 e. The van der Waals surface area contributed by atoms with E-state index >= 15 is 0 Å². The van der Waals surface area contributed by atoms with Gasteiger partial charge in [-0.3, -0.25) is 10.1 Å². The van der Waals surface area contributed by atoms with Gasteiger partial charge in [0.1, 0.15) is 12.0 Å². The summed E-state index contributed by atoms with van der Waals surface area (Å²) in [6, 6.07) is 6.12. The van der Waals surface area contributed by atoms with Gasteiger partial charge >= 0.3 is 0 Å². The molecule has 2 unspecified atom stereocenters. The van der Waals surface area contributed by atoms with Crippen molar-refractivity contribution in [3.05, 3.63) is 35.6 Å². The molecule has 0 bridgehead atoms. The number of carbonyl (C=O) groups is 1.